The number of ether oxygens (including phenoxy) is 2. The first-order valence-electron chi connectivity index (χ1n) is 10.9. The van der Waals surface area contributed by atoms with Crippen LogP contribution >= 0.6 is 0 Å². The second kappa shape index (κ2) is 11.5. The van der Waals surface area contributed by atoms with Gasteiger partial charge in [0, 0.05) is 13.1 Å². The van der Waals surface area contributed by atoms with Gasteiger partial charge in [0.25, 0.3) is 5.91 Å². The number of phenolic OH excluding ortho intramolecular Hbond substituents is 1. The van der Waals surface area contributed by atoms with Crippen molar-refractivity contribution in [3.8, 4) is 17.2 Å². The zero-order chi connectivity index (χ0) is 24.6. The lowest BCUT2D eigenvalue weighted by Crippen LogP contribution is -2.30. The molecule has 0 aliphatic carbocycles. The monoisotopic (exact) mass is 484 g/mol. The van der Waals surface area contributed by atoms with Crippen molar-refractivity contribution in [2.75, 3.05) is 31.6 Å². The fourth-order valence-electron chi connectivity index (χ4n) is 3.29. The first-order valence-corrected chi connectivity index (χ1v) is 12.3. The maximum Gasteiger partial charge on any atom is 0.259 e. The van der Waals surface area contributed by atoms with Crippen LogP contribution in [0.5, 0.6) is 17.2 Å². The van der Waals surface area contributed by atoms with Gasteiger partial charge in [-0.1, -0.05) is 44.2 Å². The van der Waals surface area contributed by atoms with Crippen molar-refractivity contribution in [1.29, 1.82) is 0 Å². The number of carbonyl (C=O) groups is 1. The number of rotatable bonds is 11. The minimum atomic E-state index is -3.75. The summed E-state index contributed by atoms with van der Waals surface area (Å²) in [5.41, 5.74) is 0.221. The Morgan fingerprint density at radius 1 is 0.912 bits per heavy atom. The quantitative estimate of drug-likeness (QED) is 0.313. The molecular weight excluding hydrogens is 456 g/mol. The molecule has 0 unspecified atom stereocenters. The molecular formula is C25H28N2O6S. The molecule has 0 aromatic heterocycles. The lowest BCUT2D eigenvalue weighted by molar-refractivity contribution is 0.102. The second-order valence-corrected chi connectivity index (χ2v) is 9.17. The van der Waals surface area contributed by atoms with E-state index in [0.717, 1.165) is 0 Å². The standard InChI is InChI=1S/C25H28N2O6S/c1-3-27(4-2)34(30,31)20-14-15-23(28)22(18-20)26-25(29)21-12-8-9-13-24(21)33-17-16-32-19-10-6-5-7-11-19/h5-15,18,28H,3-4,16-17H2,1-2H3,(H,26,29). The second-order valence-electron chi connectivity index (χ2n) is 7.23. The number of phenols is 1. The summed E-state index contributed by atoms with van der Waals surface area (Å²) >= 11 is 0. The van der Waals surface area contributed by atoms with Crippen LogP contribution in [0, 0.1) is 0 Å². The predicted molar refractivity (Wildman–Crippen MR) is 130 cm³/mol. The van der Waals surface area contributed by atoms with Crippen molar-refractivity contribution >= 4 is 21.6 Å². The Labute approximate surface area is 199 Å². The van der Waals surface area contributed by atoms with E-state index in [9.17, 15) is 18.3 Å². The molecule has 1 amide bonds. The fraction of sp³-hybridized carbons (Fsp3) is 0.240. The zero-order valence-electron chi connectivity index (χ0n) is 19.1. The van der Waals surface area contributed by atoms with E-state index in [1.807, 2.05) is 30.3 Å². The Morgan fingerprint density at radius 3 is 2.26 bits per heavy atom. The highest BCUT2D eigenvalue weighted by molar-refractivity contribution is 7.89. The fourth-order valence-corrected chi connectivity index (χ4v) is 4.77. The van der Waals surface area contributed by atoms with E-state index in [4.69, 9.17) is 9.47 Å². The molecule has 0 fully saturated rings. The number of amides is 1. The number of hydrogen-bond acceptors (Lipinski definition) is 6. The number of nitrogens with zero attached hydrogens (tertiary/aromatic N) is 1. The molecule has 2 N–H and O–H groups in total. The largest absolute Gasteiger partial charge is 0.506 e. The van der Waals surface area contributed by atoms with E-state index in [2.05, 4.69) is 5.32 Å². The van der Waals surface area contributed by atoms with E-state index in [-0.39, 0.29) is 35.1 Å². The maximum absolute atomic E-state index is 13.0. The number of sulfonamides is 1. The summed E-state index contributed by atoms with van der Waals surface area (Å²) in [5, 5.41) is 12.8. The van der Waals surface area contributed by atoms with Gasteiger partial charge >= 0.3 is 0 Å². The van der Waals surface area contributed by atoms with Crippen LogP contribution in [0.4, 0.5) is 5.69 Å². The molecule has 0 radical (unpaired) electrons. The third-order valence-corrected chi connectivity index (χ3v) is 7.09. The molecule has 0 spiro atoms. The Morgan fingerprint density at radius 2 is 1.56 bits per heavy atom. The van der Waals surface area contributed by atoms with E-state index in [0.29, 0.717) is 24.6 Å². The van der Waals surface area contributed by atoms with E-state index >= 15 is 0 Å². The SMILES string of the molecule is CCN(CC)S(=O)(=O)c1ccc(O)c(NC(=O)c2ccccc2OCCOc2ccccc2)c1. The molecule has 0 saturated carbocycles. The van der Waals surface area contributed by atoms with E-state index in [1.54, 1.807) is 38.1 Å². The number of nitrogens with one attached hydrogen (secondary N) is 1. The summed E-state index contributed by atoms with van der Waals surface area (Å²) in [4.78, 5) is 12.9. The van der Waals surface area contributed by atoms with Crippen molar-refractivity contribution in [2.45, 2.75) is 18.7 Å². The molecule has 0 bridgehead atoms. The summed E-state index contributed by atoms with van der Waals surface area (Å²) in [5.74, 6) is 0.254. The van der Waals surface area contributed by atoms with Crippen molar-refractivity contribution in [3.63, 3.8) is 0 Å². The van der Waals surface area contributed by atoms with Crippen molar-refractivity contribution in [2.24, 2.45) is 0 Å². The third-order valence-electron chi connectivity index (χ3n) is 5.04. The van der Waals surface area contributed by atoms with Crippen LogP contribution in [-0.4, -0.2) is 50.0 Å². The molecule has 34 heavy (non-hydrogen) atoms. The molecule has 9 heteroatoms. The van der Waals surface area contributed by atoms with Crippen LogP contribution in [0.2, 0.25) is 0 Å². The number of para-hydroxylation sites is 2. The highest BCUT2D eigenvalue weighted by atomic mass is 32.2. The summed E-state index contributed by atoms with van der Waals surface area (Å²) in [6.07, 6.45) is 0. The van der Waals surface area contributed by atoms with Gasteiger partial charge in [-0.05, 0) is 42.5 Å². The first kappa shape index (κ1) is 25.1. The number of anilines is 1. The number of benzene rings is 3. The molecule has 3 aromatic carbocycles. The predicted octanol–water partition coefficient (Wildman–Crippen LogP) is 4.13. The molecule has 8 nitrogen and oxygen atoms in total. The van der Waals surface area contributed by atoms with Crippen LogP contribution in [0.3, 0.4) is 0 Å². The van der Waals surface area contributed by atoms with Crippen molar-refractivity contribution in [3.05, 3.63) is 78.4 Å². The van der Waals surface area contributed by atoms with Crippen LogP contribution in [-0.2, 0) is 10.0 Å². The van der Waals surface area contributed by atoms with Crippen molar-refractivity contribution < 1.29 is 27.8 Å². The average molecular weight is 485 g/mol. The summed E-state index contributed by atoms with van der Waals surface area (Å²) in [6, 6.07) is 19.8. The lowest BCUT2D eigenvalue weighted by atomic mass is 10.2. The summed E-state index contributed by atoms with van der Waals surface area (Å²) < 4.78 is 38.3. The van der Waals surface area contributed by atoms with Gasteiger partial charge in [0.1, 0.15) is 30.5 Å². The van der Waals surface area contributed by atoms with Crippen LogP contribution in [0.25, 0.3) is 0 Å². The van der Waals surface area contributed by atoms with Gasteiger partial charge in [0.05, 0.1) is 16.1 Å². The average Bonchev–Trinajstić information content (AvgIpc) is 2.84. The van der Waals surface area contributed by atoms with Gasteiger partial charge in [0.2, 0.25) is 10.0 Å². The van der Waals surface area contributed by atoms with Crippen LogP contribution in [0.15, 0.2) is 77.7 Å². The maximum atomic E-state index is 13.0. The third kappa shape index (κ3) is 6.06. The molecule has 0 saturated heterocycles. The summed E-state index contributed by atoms with van der Waals surface area (Å²) in [7, 11) is -3.75. The molecule has 0 heterocycles. The van der Waals surface area contributed by atoms with Gasteiger partial charge in [0.15, 0.2) is 0 Å². The topological polar surface area (TPSA) is 105 Å². The summed E-state index contributed by atoms with van der Waals surface area (Å²) in [6.45, 7) is 4.59. The van der Waals surface area contributed by atoms with Gasteiger partial charge in [-0.25, -0.2) is 8.42 Å². The Hall–Kier alpha value is -3.56. The van der Waals surface area contributed by atoms with Crippen LogP contribution < -0.4 is 14.8 Å². The van der Waals surface area contributed by atoms with Gasteiger partial charge in [-0.3, -0.25) is 4.79 Å². The minimum Gasteiger partial charge on any atom is -0.506 e. The molecule has 0 aliphatic heterocycles. The van der Waals surface area contributed by atoms with Gasteiger partial charge in [-0.15, -0.1) is 0 Å². The normalized spacial score (nSPS) is 11.3. The number of carbonyl (C=O) groups excluding carboxylic acids is 1. The highest BCUT2D eigenvalue weighted by Gasteiger charge is 2.23. The van der Waals surface area contributed by atoms with Crippen LogP contribution in [0.1, 0.15) is 24.2 Å². The molecule has 180 valence electrons. The lowest BCUT2D eigenvalue weighted by Gasteiger charge is -2.19. The smallest absolute Gasteiger partial charge is 0.259 e. The van der Waals surface area contributed by atoms with Gasteiger partial charge < -0.3 is 19.9 Å². The molecule has 3 aromatic rings. The first-order chi connectivity index (χ1) is 16.4. The number of aromatic hydroxyl groups is 1. The Bertz CT molecular complexity index is 1210. The minimum absolute atomic E-state index is 0.0135. The van der Waals surface area contributed by atoms with Crippen molar-refractivity contribution in [1.82, 2.24) is 4.31 Å². The molecule has 3 rings (SSSR count). The molecule has 0 aliphatic rings. The number of hydrogen-bond donors (Lipinski definition) is 2. The highest BCUT2D eigenvalue weighted by Crippen LogP contribution is 2.29. The Kier molecular flexibility index (Phi) is 8.50. The Balaban J connectivity index is 1.72. The van der Waals surface area contributed by atoms with E-state index in [1.165, 1.54) is 22.5 Å². The zero-order valence-corrected chi connectivity index (χ0v) is 19.9. The van der Waals surface area contributed by atoms with Gasteiger partial charge in [-0.2, -0.15) is 4.31 Å². The van der Waals surface area contributed by atoms with E-state index < -0.39 is 15.9 Å². The molecule has 0 atom stereocenters.